The highest BCUT2D eigenvalue weighted by Crippen LogP contribution is 2.23. The summed E-state index contributed by atoms with van der Waals surface area (Å²) >= 11 is 0. The van der Waals surface area contributed by atoms with Crippen LogP contribution in [0.2, 0.25) is 0 Å². The lowest BCUT2D eigenvalue weighted by Crippen LogP contribution is -1.96. The molecule has 0 bridgehead atoms. The summed E-state index contributed by atoms with van der Waals surface area (Å²) in [5, 5.41) is 12.0. The van der Waals surface area contributed by atoms with E-state index in [4.69, 9.17) is 11.0 Å². The summed E-state index contributed by atoms with van der Waals surface area (Å²) in [7, 11) is 0. The van der Waals surface area contributed by atoms with Crippen molar-refractivity contribution in [2.75, 3.05) is 11.1 Å². The highest BCUT2D eigenvalue weighted by atomic mass is 19.1. The van der Waals surface area contributed by atoms with E-state index < -0.39 is 0 Å². The first-order valence-electron chi connectivity index (χ1n) is 5.43. The Morgan fingerprint density at radius 2 is 2.00 bits per heavy atom. The van der Waals surface area contributed by atoms with E-state index in [1.165, 1.54) is 6.07 Å². The monoisotopic (exact) mass is 241 g/mol. The van der Waals surface area contributed by atoms with Gasteiger partial charge in [0, 0.05) is 11.4 Å². The quantitative estimate of drug-likeness (QED) is 0.793. The van der Waals surface area contributed by atoms with Crippen molar-refractivity contribution < 1.29 is 4.39 Å². The fourth-order valence-electron chi connectivity index (χ4n) is 1.59. The SMILES string of the molecule is Cc1ccc(Nc2ccc(N)cc2C#N)cc1F. The number of aryl methyl sites for hydroxylation is 1. The lowest BCUT2D eigenvalue weighted by molar-refractivity contribution is 0.619. The van der Waals surface area contributed by atoms with Crippen LogP contribution in [-0.2, 0) is 0 Å². The van der Waals surface area contributed by atoms with E-state index in [1.807, 2.05) is 6.07 Å². The molecule has 0 unspecified atom stereocenters. The number of hydrogen-bond acceptors (Lipinski definition) is 3. The molecule has 0 radical (unpaired) electrons. The van der Waals surface area contributed by atoms with Gasteiger partial charge >= 0.3 is 0 Å². The minimum atomic E-state index is -0.283. The molecule has 2 aromatic rings. The minimum Gasteiger partial charge on any atom is -0.399 e. The van der Waals surface area contributed by atoms with Crippen LogP contribution in [0.5, 0.6) is 0 Å². The first-order valence-corrected chi connectivity index (χ1v) is 5.43. The number of anilines is 3. The second-order valence-electron chi connectivity index (χ2n) is 4.01. The van der Waals surface area contributed by atoms with Crippen LogP contribution in [-0.4, -0.2) is 0 Å². The van der Waals surface area contributed by atoms with Gasteiger partial charge in [-0.05, 0) is 42.8 Å². The van der Waals surface area contributed by atoms with E-state index in [0.717, 1.165) is 0 Å². The van der Waals surface area contributed by atoms with Gasteiger partial charge in [-0.1, -0.05) is 6.07 Å². The van der Waals surface area contributed by atoms with Gasteiger partial charge in [0.25, 0.3) is 0 Å². The molecule has 0 fully saturated rings. The Morgan fingerprint density at radius 3 is 2.67 bits per heavy atom. The lowest BCUT2D eigenvalue weighted by atomic mass is 10.1. The Kier molecular flexibility index (Phi) is 3.16. The molecule has 0 amide bonds. The standard InChI is InChI=1S/C14H12FN3/c1-9-2-4-12(7-13(9)15)18-14-5-3-11(17)6-10(14)8-16/h2-7,18H,17H2,1H3. The summed E-state index contributed by atoms with van der Waals surface area (Å²) in [5.41, 5.74) is 8.33. The van der Waals surface area contributed by atoms with E-state index >= 15 is 0 Å². The zero-order valence-corrected chi connectivity index (χ0v) is 9.87. The number of nitrogens with one attached hydrogen (secondary N) is 1. The number of nitrogen functional groups attached to an aromatic ring is 1. The summed E-state index contributed by atoms with van der Waals surface area (Å²) in [6.45, 7) is 1.70. The van der Waals surface area contributed by atoms with Crippen LogP contribution in [0.1, 0.15) is 11.1 Å². The molecule has 0 aliphatic heterocycles. The second kappa shape index (κ2) is 4.76. The van der Waals surface area contributed by atoms with Gasteiger partial charge in [-0.2, -0.15) is 5.26 Å². The largest absolute Gasteiger partial charge is 0.399 e. The molecule has 18 heavy (non-hydrogen) atoms. The molecule has 0 aromatic heterocycles. The van der Waals surface area contributed by atoms with Crippen LogP contribution in [0.25, 0.3) is 0 Å². The number of nitrogens with two attached hydrogens (primary N) is 1. The molecule has 0 spiro atoms. The Hall–Kier alpha value is -2.54. The van der Waals surface area contributed by atoms with Gasteiger partial charge in [0.05, 0.1) is 11.3 Å². The van der Waals surface area contributed by atoms with Crippen molar-refractivity contribution in [3.8, 4) is 6.07 Å². The highest BCUT2D eigenvalue weighted by Gasteiger charge is 2.04. The van der Waals surface area contributed by atoms with Gasteiger partial charge in [-0.25, -0.2) is 4.39 Å². The van der Waals surface area contributed by atoms with E-state index in [0.29, 0.717) is 28.2 Å². The number of nitriles is 1. The zero-order chi connectivity index (χ0) is 13.1. The van der Waals surface area contributed by atoms with E-state index in [-0.39, 0.29) is 5.82 Å². The molecule has 2 rings (SSSR count). The molecule has 2 aromatic carbocycles. The first kappa shape index (κ1) is 11.9. The van der Waals surface area contributed by atoms with E-state index in [1.54, 1.807) is 37.3 Å². The maximum atomic E-state index is 13.4. The molecule has 90 valence electrons. The molecule has 0 saturated heterocycles. The van der Waals surface area contributed by atoms with Gasteiger partial charge in [0.1, 0.15) is 11.9 Å². The molecular weight excluding hydrogens is 229 g/mol. The van der Waals surface area contributed by atoms with Crippen molar-refractivity contribution in [1.29, 1.82) is 5.26 Å². The van der Waals surface area contributed by atoms with Gasteiger partial charge in [0.15, 0.2) is 0 Å². The van der Waals surface area contributed by atoms with Crippen LogP contribution in [0.15, 0.2) is 36.4 Å². The lowest BCUT2D eigenvalue weighted by Gasteiger charge is -2.09. The van der Waals surface area contributed by atoms with Crippen LogP contribution >= 0.6 is 0 Å². The zero-order valence-electron chi connectivity index (χ0n) is 9.87. The van der Waals surface area contributed by atoms with Crippen molar-refractivity contribution in [3.05, 3.63) is 53.3 Å². The molecule has 0 aliphatic carbocycles. The Balaban J connectivity index is 2.34. The molecule has 0 heterocycles. The maximum Gasteiger partial charge on any atom is 0.128 e. The van der Waals surface area contributed by atoms with Gasteiger partial charge in [0.2, 0.25) is 0 Å². The minimum absolute atomic E-state index is 0.283. The van der Waals surface area contributed by atoms with Crippen LogP contribution < -0.4 is 11.1 Å². The third-order valence-electron chi connectivity index (χ3n) is 2.61. The molecule has 0 saturated carbocycles. The number of nitrogens with zero attached hydrogens (tertiary/aromatic N) is 1. The molecule has 4 heteroatoms. The van der Waals surface area contributed by atoms with Gasteiger partial charge < -0.3 is 11.1 Å². The molecular formula is C14H12FN3. The fraction of sp³-hybridized carbons (Fsp3) is 0.0714. The highest BCUT2D eigenvalue weighted by molar-refractivity contribution is 5.69. The maximum absolute atomic E-state index is 13.4. The third-order valence-corrected chi connectivity index (χ3v) is 2.61. The third kappa shape index (κ3) is 2.41. The van der Waals surface area contributed by atoms with Gasteiger partial charge in [-0.3, -0.25) is 0 Å². The summed E-state index contributed by atoms with van der Waals surface area (Å²) in [6, 6.07) is 11.8. The van der Waals surface area contributed by atoms with Gasteiger partial charge in [-0.15, -0.1) is 0 Å². The summed E-state index contributed by atoms with van der Waals surface area (Å²) < 4.78 is 13.4. The fourth-order valence-corrected chi connectivity index (χ4v) is 1.59. The molecule has 0 aliphatic rings. The first-order chi connectivity index (χ1) is 8.60. The van der Waals surface area contributed by atoms with Crippen molar-refractivity contribution in [1.82, 2.24) is 0 Å². The van der Waals surface area contributed by atoms with Crippen molar-refractivity contribution in [3.63, 3.8) is 0 Å². The van der Waals surface area contributed by atoms with Crippen LogP contribution in [0, 0.1) is 24.1 Å². The smallest absolute Gasteiger partial charge is 0.128 e. The predicted molar refractivity (Wildman–Crippen MR) is 70.0 cm³/mol. The molecule has 0 atom stereocenters. The number of hydrogen-bond donors (Lipinski definition) is 2. The van der Waals surface area contributed by atoms with Crippen LogP contribution in [0.4, 0.5) is 21.5 Å². The van der Waals surface area contributed by atoms with E-state index in [2.05, 4.69) is 5.32 Å². The Labute approximate surface area is 105 Å². The topological polar surface area (TPSA) is 61.8 Å². The van der Waals surface area contributed by atoms with E-state index in [9.17, 15) is 4.39 Å². The predicted octanol–water partition coefficient (Wildman–Crippen LogP) is 3.33. The Morgan fingerprint density at radius 1 is 1.22 bits per heavy atom. The normalized spacial score (nSPS) is 9.83. The molecule has 3 nitrogen and oxygen atoms in total. The number of benzene rings is 2. The van der Waals surface area contributed by atoms with Crippen molar-refractivity contribution in [2.24, 2.45) is 0 Å². The van der Waals surface area contributed by atoms with Crippen molar-refractivity contribution >= 4 is 17.1 Å². The Bertz CT molecular complexity index is 629. The summed E-state index contributed by atoms with van der Waals surface area (Å²) in [4.78, 5) is 0. The number of halogens is 1. The summed E-state index contributed by atoms with van der Waals surface area (Å²) in [5.74, 6) is -0.283. The average molecular weight is 241 g/mol. The number of rotatable bonds is 2. The average Bonchev–Trinajstić information content (AvgIpc) is 2.36. The van der Waals surface area contributed by atoms with Crippen molar-refractivity contribution in [2.45, 2.75) is 6.92 Å². The summed E-state index contributed by atoms with van der Waals surface area (Å²) in [6.07, 6.45) is 0. The molecule has 3 N–H and O–H groups in total. The van der Waals surface area contributed by atoms with Crippen LogP contribution in [0.3, 0.4) is 0 Å². The second-order valence-corrected chi connectivity index (χ2v) is 4.01.